The first-order valence-corrected chi connectivity index (χ1v) is 14.8. The number of para-hydroxylation sites is 5. The smallest absolute Gasteiger partial charge is 0.333 e. The molecule has 0 saturated heterocycles. The van der Waals surface area contributed by atoms with Gasteiger partial charge >= 0.3 is 6.85 Å². The second-order valence-corrected chi connectivity index (χ2v) is 11.9. The summed E-state index contributed by atoms with van der Waals surface area (Å²) in [5, 5.41) is 2.57. The van der Waals surface area contributed by atoms with Gasteiger partial charge in [-0.25, -0.2) is 0 Å². The van der Waals surface area contributed by atoms with Crippen LogP contribution in [0.2, 0.25) is 0 Å². The van der Waals surface area contributed by atoms with Crippen LogP contribution in [0.15, 0.2) is 115 Å². The van der Waals surface area contributed by atoms with Crippen LogP contribution in [0.4, 0.5) is 11.4 Å². The molecular weight excluding hydrogens is 527 g/mol. The summed E-state index contributed by atoms with van der Waals surface area (Å²) in [6.07, 6.45) is 0. The summed E-state index contributed by atoms with van der Waals surface area (Å²) < 4.78 is 15.4. The van der Waals surface area contributed by atoms with E-state index in [0.717, 1.165) is 34.2 Å². The third-order valence-corrected chi connectivity index (χ3v) is 9.37. The van der Waals surface area contributed by atoms with E-state index in [9.17, 15) is 0 Å². The molecule has 4 nitrogen and oxygen atoms in total. The highest BCUT2D eigenvalue weighted by Crippen LogP contribution is 2.52. The summed E-state index contributed by atoms with van der Waals surface area (Å²) >= 11 is 0. The number of benzene rings is 6. The maximum absolute atomic E-state index is 6.47. The van der Waals surface area contributed by atoms with Gasteiger partial charge in [-0.2, -0.15) is 0 Å². The zero-order chi connectivity index (χ0) is 28.4. The summed E-state index contributed by atoms with van der Waals surface area (Å²) in [5.41, 5.74) is 13.5. The molecule has 0 spiro atoms. The zero-order valence-corrected chi connectivity index (χ0v) is 23.8. The summed E-state index contributed by atoms with van der Waals surface area (Å²) in [4.78, 5) is 2.53. The minimum atomic E-state index is -0.0189. The van der Waals surface area contributed by atoms with Crippen LogP contribution in [-0.2, 0) is 0 Å². The number of fused-ring (bicyclic) bond motifs is 9. The summed E-state index contributed by atoms with van der Waals surface area (Å²) in [6.45, 7) is 4.39. The Labute approximate surface area is 249 Å². The van der Waals surface area contributed by atoms with Crippen molar-refractivity contribution < 1.29 is 9.47 Å². The van der Waals surface area contributed by atoms with Crippen LogP contribution in [0.25, 0.3) is 38.6 Å². The van der Waals surface area contributed by atoms with Gasteiger partial charge in [-0.05, 0) is 77.9 Å². The van der Waals surface area contributed by atoms with Gasteiger partial charge in [0.15, 0.2) is 23.0 Å². The molecule has 0 amide bonds. The van der Waals surface area contributed by atoms with E-state index in [1.165, 1.54) is 60.8 Å². The summed E-state index contributed by atoms with van der Waals surface area (Å²) in [7, 11) is 0. The van der Waals surface area contributed by atoms with Crippen molar-refractivity contribution in [1.29, 1.82) is 0 Å². The summed E-state index contributed by atoms with van der Waals surface area (Å²) in [5.74, 6) is 2.94. The number of nitrogens with zero attached hydrogens (tertiary/aromatic N) is 2. The Morgan fingerprint density at radius 1 is 0.558 bits per heavy atom. The molecule has 3 aliphatic heterocycles. The van der Waals surface area contributed by atoms with Crippen molar-refractivity contribution in [1.82, 2.24) is 4.57 Å². The van der Waals surface area contributed by atoms with Crippen molar-refractivity contribution in [3.63, 3.8) is 0 Å². The van der Waals surface area contributed by atoms with Gasteiger partial charge in [-0.3, -0.25) is 0 Å². The first-order valence-electron chi connectivity index (χ1n) is 14.8. The first-order chi connectivity index (χ1) is 21.2. The lowest BCUT2D eigenvalue weighted by Gasteiger charge is -2.43. The fourth-order valence-corrected chi connectivity index (χ4v) is 7.63. The fourth-order valence-electron chi connectivity index (χ4n) is 7.63. The summed E-state index contributed by atoms with van der Waals surface area (Å²) in [6, 6.07) is 41.3. The van der Waals surface area contributed by atoms with E-state index in [2.05, 4.69) is 114 Å². The maximum Gasteiger partial charge on any atom is 0.333 e. The highest BCUT2D eigenvalue weighted by atomic mass is 16.6. The molecule has 4 heterocycles. The number of aryl methyl sites for hydroxylation is 2. The molecule has 0 fully saturated rings. The molecule has 0 atom stereocenters. The molecule has 202 valence electrons. The third-order valence-electron chi connectivity index (χ3n) is 9.37. The van der Waals surface area contributed by atoms with E-state index < -0.39 is 0 Å². The van der Waals surface area contributed by atoms with Crippen LogP contribution in [0, 0.1) is 13.8 Å². The molecule has 0 aliphatic carbocycles. The number of hydrogen-bond donors (Lipinski definition) is 0. The lowest BCUT2D eigenvalue weighted by molar-refractivity contribution is 0.360. The molecule has 5 heteroatoms. The van der Waals surface area contributed by atoms with E-state index in [1.807, 2.05) is 24.3 Å². The van der Waals surface area contributed by atoms with E-state index in [-0.39, 0.29) is 6.85 Å². The van der Waals surface area contributed by atoms with Crippen molar-refractivity contribution in [2.24, 2.45) is 0 Å². The molecule has 1 aromatic heterocycles. The zero-order valence-electron chi connectivity index (χ0n) is 23.8. The normalized spacial score (nSPS) is 13.6. The van der Waals surface area contributed by atoms with E-state index in [1.54, 1.807) is 0 Å². The van der Waals surface area contributed by atoms with Crippen molar-refractivity contribution in [3.8, 4) is 39.8 Å². The monoisotopic (exact) mass is 552 g/mol. The lowest BCUT2D eigenvalue weighted by Crippen LogP contribution is -2.60. The molecule has 0 saturated carbocycles. The third kappa shape index (κ3) is 2.96. The highest BCUT2D eigenvalue weighted by Gasteiger charge is 2.44. The van der Waals surface area contributed by atoms with Crippen LogP contribution >= 0.6 is 0 Å². The Hall–Kier alpha value is -5.42. The maximum atomic E-state index is 6.47. The SMILES string of the molecule is Cc1cc2c3c(c1)-n1c4ccccc4c4cccc(c41)B3N(c1ccccc1C)c1cc3c(cc1-2)Oc1ccccc1O3. The lowest BCUT2D eigenvalue weighted by atomic mass is 9.44. The molecule has 43 heavy (non-hydrogen) atoms. The Morgan fingerprint density at radius 3 is 2.12 bits per heavy atom. The minimum absolute atomic E-state index is 0.0189. The predicted octanol–water partition coefficient (Wildman–Crippen LogP) is 8.54. The quantitative estimate of drug-likeness (QED) is 0.191. The van der Waals surface area contributed by atoms with Crippen molar-refractivity contribution in [2.45, 2.75) is 13.8 Å². The Bertz CT molecular complexity index is 2350. The van der Waals surface area contributed by atoms with Crippen molar-refractivity contribution in [3.05, 3.63) is 126 Å². The average molecular weight is 552 g/mol. The number of aromatic nitrogens is 1. The van der Waals surface area contributed by atoms with Crippen LogP contribution in [0.3, 0.4) is 0 Å². The van der Waals surface area contributed by atoms with Gasteiger partial charge in [-0.1, -0.05) is 72.8 Å². The topological polar surface area (TPSA) is 26.6 Å². The Morgan fingerprint density at radius 2 is 1.28 bits per heavy atom. The van der Waals surface area contributed by atoms with Gasteiger partial charge < -0.3 is 18.9 Å². The molecule has 7 aromatic rings. The van der Waals surface area contributed by atoms with Gasteiger partial charge in [0.05, 0.1) is 11.0 Å². The number of rotatable bonds is 1. The van der Waals surface area contributed by atoms with Crippen molar-refractivity contribution in [2.75, 3.05) is 4.81 Å². The van der Waals surface area contributed by atoms with Gasteiger partial charge in [0.1, 0.15) is 0 Å². The van der Waals surface area contributed by atoms with E-state index in [4.69, 9.17) is 9.47 Å². The second-order valence-electron chi connectivity index (χ2n) is 11.9. The van der Waals surface area contributed by atoms with Gasteiger partial charge in [0.25, 0.3) is 0 Å². The van der Waals surface area contributed by atoms with E-state index >= 15 is 0 Å². The second kappa shape index (κ2) is 8.11. The standard InChI is InChI=1S/C38H25BN2O2/c1-22-18-27-26-20-35-36(43-34-17-8-7-16-33(34)42-35)21-31(26)41(29-14-5-3-10-23(29)2)39-28-13-9-12-25-24-11-4-6-15-30(24)40(38(25)28)32(19-22)37(27)39/h3-21H,1-2H3. The Balaban J connectivity index is 1.36. The first kappa shape index (κ1) is 23.2. The highest BCUT2D eigenvalue weighted by molar-refractivity contribution is 6.93. The molecule has 6 aromatic carbocycles. The average Bonchev–Trinajstić information content (AvgIpc) is 3.37. The molecular formula is C38H25BN2O2. The molecule has 10 rings (SSSR count). The predicted molar refractivity (Wildman–Crippen MR) is 176 cm³/mol. The molecule has 0 radical (unpaired) electrons. The van der Waals surface area contributed by atoms with E-state index in [0.29, 0.717) is 0 Å². The van der Waals surface area contributed by atoms with Crippen LogP contribution < -0.4 is 25.2 Å². The van der Waals surface area contributed by atoms with Crippen molar-refractivity contribution >= 4 is 51.0 Å². The van der Waals surface area contributed by atoms with Gasteiger partial charge in [-0.15, -0.1) is 0 Å². The number of hydrogen-bond acceptors (Lipinski definition) is 3. The van der Waals surface area contributed by atoms with Crippen LogP contribution in [0.1, 0.15) is 11.1 Å². The Kier molecular flexibility index (Phi) is 4.37. The van der Waals surface area contributed by atoms with Crippen LogP contribution in [0.5, 0.6) is 23.0 Å². The fraction of sp³-hybridized carbons (Fsp3) is 0.0526. The molecule has 0 N–H and O–H groups in total. The number of ether oxygens (including phenoxy) is 2. The van der Waals surface area contributed by atoms with Gasteiger partial charge in [0, 0.05) is 39.5 Å². The minimum Gasteiger partial charge on any atom is -0.449 e. The largest absolute Gasteiger partial charge is 0.449 e. The number of anilines is 2. The molecule has 0 unspecified atom stereocenters. The van der Waals surface area contributed by atoms with Gasteiger partial charge in [0.2, 0.25) is 0 Å². The molecule has 3 aliphatic rings. The molecule has 0 bridgehead atoms. The van der Waals surface area contributed by atoms with Crippen LogP contribution in [-0.4, -0.2) is 11.4 Å².